The molecule has 90 valence electrons. The topological polar surface area (TPSA) is 45.2 Å². The van der Waals surface area contributed by atoms with Crippen LogP contribution in [0.3, 0.4) is 0 Å². The third kappa shape index (κ3) is 2.81. The lowest BCUT2D eigenvalue weighted by Gasteiger charge is -2.26. The van der Waals surface area contributed by atoms with Crippen molar-refractivity contribution < 1.29 is 5.11 Å². The van der Waals surface area contributed by atoms with E-state index in [1.54, 1.807) is 11.3 Å². The van der Waals surface area contributed by atoms with E-state index in [1.165, 1.54) is 12.8 Å². The minimum absolute atomic E-state index is 0.144. The molecule has 0 aromatic carbocycles. The largest absolute Gasteiger partial charge is 0.396 e. The van der Waals surface area contributed by atoms with Crippen molar-refractivity contribution in [2.45, 2.75) is 39.2 Å². The third-order valence-corrected chi connectivity index (χ3v) is 4.29. The van der Waals surface area contributed by atoms with Crippen LogP contribution in [0.2, 0.25) is 0 Å². The van der Waals surface area contributed by atoms with Gasteiger partial charge in [-0.25, -0.2) is 4.98 Å². The number of hydrogen-bond acceptors (Lipinski definition) is 4. The van der Waals surface area contributed by atoms with Crippen LogP contribution in [0.4, 0.5) is 0 Å². The molecule has 16 heavy (non-hydrogen) atoms. The van der Waals surface area contributed by atoms with Gasteiger partial charge in [-0.05, 0) is 19.8 Å². The van der Waals surface area contributed by atoms with Gasteiger partial charge in [-0.1, -0.05) is 12.8 Å². The van der Waals surface area contributed by atoms with Crippen LogP contribution in [0.25, 0.3) is 0 Å². The Kier molecular flexibility index (Phi) is 3.95. The highest BCUT2D eigenvalue weighted by Gasteiger charge is 2.32. The van der Waals surface area contributed by atoms with E-state index in [9.17, 15) is 5.11 Å². The molecule has 1 fully saturated rings. The molecule has 1 aromatic rings. The monoisotopic (exact) mass is 240 g/mol. The molecular weight excluding hydrogens is 220 g/mol. The second-order valence-electron chi connectivity index (χ2n) is 4.83. The van der Waals surface area contributed by atoms with Crippen molar-refractivity contribution in [2.24, 2.45) is 5.41 Å². The van der Waals surface area contributed by atoms with Gasteiger partial charge in [0, 0.05) is 30.5 Å². The van der Waals surface area contributed by atoms with Crippen LogP contribution < -0.4 is 5.32 Å². The maximum absolute atomic E-state index is 9.46. The Morgan fingerprint density at radius 3 is 2.81 bits per heavy atom. The minimum Gasteiger partial charge on any atom is -0.396 e. The highest BCUT2D eigenvalue weighted by atomic mass is 32.1. The normalized spacial score (nSPS) is 19.1. The molecule has 0 atom stereocenters. The number of nitrogens with one attached hydrogen (secondary N) is 1. The van der Waals surface area contributed by atoms with Gasteiger partial charge >= 0.3 is 0 Å². The lowest BCUT2D eigenvalue weighted by molar-refractivity contribution is 0.128. The summed E-state index contributed by atoms with van der Waals surface area (Å²) in [5.74, 6) is 0. The van der Waals surface area contributed by atoms with Crippen LogP contribution in [-0.4, -0.2) is 23.2 Å². The Morgan fingerprint density at radius 1 is 1.50 bits per heavy atom. The molecule has 1 aromatic heterocycles. The molecule has 1 aliphatic carbocycles. The molecule has 0 amide bonds. The number of rotatable bonds is 5. The van der Waals surface area contributed by atoms with Gasteiger partial charge in [0.25, 0.3) is 0 Å². The smallest absolute Gasteiger partial charge is 0.0897 e. The summed E-state index contributed by atoms with van der Waals surface area (Å²) in [5.41, 5.74) is 1.26. The molecule has 3 nitrogen and oxygen atoms in total. The molecule has 1 aliphatic rings. The first kappa shape index (κ1) is 12.0. The maximum atomic E-state index is 9.46. The van der Waals surface area contributed by atoms with Gasteiger partial charge in [-0.15, -0.1) is 11.3 Å². The predicted octanol–water partition coefficient (Wildman–Crippen LogP) is 2.09. The molecule has 0 saturated heterocycles. The van der Waals surface area contributed by atoms with Gasteiger partial charge in [0.2, 0.25) is 0 Å². The first-order valence-electron chi connectivity index (χ1n) is 5.97. The van der Waals surface area contributed by atoms with Crippen molar-refractivity contribution in [3.05, 3.63) is 16.1 Å². The zero-order chi connectivity index (χ0) is 11.4. The van der Waals surface area contributed by atoms with Crippen molar-refractivity contribution in [3.8, 4) is 0 Å². The number of aliphatic hydroxyl groups excluding tert-OH is 1. The van der Waals surface area contributed by atoms with Gasteiger partial charge in [0.15, 0.2) is 0 Å². The first-order valence-corrected chi connectivity index (χ1v) is 6.85. The fourth-order valence-corrected chi connectivity index (χ4v) is 3.07. The average molecular weight is 240 g/mol. The third-order valence-electron chi connectivity index (χ3n) is 3.47. The molecule has 0 spiro atoms. The molecule has 0 aliphatic heterocycles. The van der Waals surface area contributed by atoms with Gasteiger partial charge in [-0.2, -0.15) is 0 Å². The highest BCUT2D eigenvalue weighted by molar-refractivity contribution is 7.09. The molecule has 1 saturated carbocycles. The van der Waals surface area contributed by atoms with Gasteiger partial charge < -0.3 is 10.4 Å². The molecule has 2 N–H and O–H groups in total. The van der Waals surface area contributed by atoms with Crippen LogP contribution in [0.5, 0.6) is 0 Å². The van der Waals surface area contributed by atoms with Crippen LogP contribution in [0.15, 0.2) is 5.38 Å². The zero-order valence-electron chi connectivity index (χ0n) is 9.83. The van der Waals surface area contributed by atoms with E-state index in [0.717, 1.165) is 36.6 Å². The van der Waals surface area contributed by atoms with Gasteiger partial charge in [0.1, 0.15) is 0 Å². The number of aryl methyl sites for hydroxylation is 1. The Balaban J connectivity index is 1.78. The second kappa shape index (κ2) is 5.25. The quantitative estimate of drug-likeness (QED) is 0.828. The molecular formula is C12H20N2OS. The summed E-state index contributed by atoms with van der Waals surface area (Å²) in [6.07, 6.45) is 4.84. The van der Waals surface area contributed by atoms with E-state index in [2.05, 4.69) is 15.7 Å². The predicted molar refractivity (Wildman–Crippen MR) is 66.5 cm³/mol. The van der Waals surface area contributed by atoms with Gasteiger partial charge in [-0.3, -0.25) is 0 Å². The van der Waals surface area contributed by atoms with Crippen molar-refractivity contribution in [3.63, 3.8) is 0 Å². The molecule has 0 bridgehead atoms. The van der Waals surface area contributed by atoms with E-state index < -0.39 is 0 Å². The summed E-state index contributed by atoms with van der Waals surface area (Å²) >= 11 is 1.69. The Hall–Kier alpha value is -0.450. The fraction of sp³-hybridized carbons (Fsp3) is 0.750. The maximum Gasteiger partial charge on any atom is 0.0897 e. The van der Waals surface area contributed by atoms with Gasteiger partial charge in [0.05, 0.1) is 10.7 Å². The Bertz CT molecular complexity index is 332. The van der Waals surface area contributed by atoms with Crippen LogP contribution in [0, 0.1) is 12.3 Å². The summed E-state index contributed by atoms with van der Waals surface area (Å²) in [6, 6.07) is 0. The molecule has 0 unspecified atom stereocenters. The Morgan fingerprint density at radius 2 is 2.25 bits per heavy atom. The van der Waals surface area contributed by atoms with E-state index in [4.69, 9.17) is 0 Å². The summed E-state index contributed by atoms with van der Waals surface area (Å²) in [6.45, 7) is 4.09. The lowest BCUT2D eigenvalue weighted by Crippen LogP contribution is -2.34. The average Bonchev–Trinajstić information content (AvgIpc) is 2.89. The van der Waals surface area contributed by atoms with Crippen molar-refractivity contribution in [1.82, 2.24) is 10.3 Å². The number of aliphatic hydroxyl groups is 1. The van der Waals surface area contributed by atoms with E-state index in [-0.39, 0.29) is 5.41 Å². The minimum atomic E-state index is 0.144. The second-order valence-corrected chi connectivity index (χ2v) is 5.89. The number of thiazole rings is 1. The van der Waals surface area contributed by atoms with Crippen LogP contribution >= 0.6 is 11.3 Å². The number of aromatic nitrogens is 1. The number of nitrogens with zero attached hydrogens (tertiary/aromatic N) is 1. The lowest BCUT2D eigenvalue weighted by atomic mass is 9.87. The molecule has 4 heteroatoms. The summed E-state index contributed by atoms with van der Waals surface area (Å²) in [7, 11) is 0. The molecule has 0 radical (unpaired) electrons. The molecule has 1 heterocycles. The van der Waals surface area contributed by atoms with Crippen LogP contribution in [-0.2, 0) is 6.54 Å². The van der Waals surface area contributed by atoms with E-state index in [1.807, 2.05) is 6.92 Å². The van der Waals surface area contributed by atoms with E-state index in [0.29, 0.717) is 6.61 Å². The summed E-state index contributed by atoms with van der Waals surface area (Å²) < 4.78 is 0. The van der Waals surface area contributed by atoms with Crippen molar-refractivity contribution in [1.29, 1.82) is 0 Å². The van der Waals surface area contributed by atoms with Crippen LogP contribution in [0.1, 0.15) is 36.4 Å². The number of hydrogen-bond donors (Lipinski definition) is 2. The summed E-state index contributed by atoms with van der Waals surface area (Å²) in [5, 5.41) is 16.1. The van der Waals surface area contributed by atoms with Crippen molar-refractivity contribution >= 4 is 11.3 Å². The zero-order valence-corrected chi connectivity index (χ0v) is 10.6. The highest BCUT2D eigenvalue weighted by Crippen LogP contribution is 2.36. The van der Waals surface area contributed by atoms with Crippen molar-refractivity contribution in [2.75, 3.05) is 13.2 Å². The fourth-order valence-electron chi connectivity index (χ4n) is 2.46. The molecule has 2 rings (SSSR count). The summed E-state index contributed by atoms with van der Waals surface area (Å²) in [4.78, 5) is 4.42. The Labute approximate surface area is 101 Å². The van der Waals surface area contributed by atoms with E-state index >= 15 is 0 Å². The standard InChI is InChI=1S/C12H20N2OS/c1-10-14-11(7-16-10)6-13-8-12(9-15)4-2-3-5-12/h7,13,15H,2-6,8-9H2,1H3. The first-order chi connectivity index (χ1) is 7.74. The SMILES string of the molecule is Cc1nc(CNCC2(CO)CCCC2)cs1.